The Kier molecular flexibility index (Phi) is 10.6. The number of hydrogen-bond acceptors (Lipinski definition) is 3. The van der Waals surface area contributed by atoms with Crippen molar-refractivity contribution in [2.75, 3.05) is 13.7 Å². The van der Waals surface area contributed by atoms with E-state index in [1.54, 1.807) is 7.11 Å². The fourth-order valence-electron chi connectivity index (χ4n) is 2.62. The lowest BCUT2D eigenvalue weighted by Crippen LogP contribution is -2.28. The molecule has 0 aromatic rings. The summed E-state index contributed by atoms with van der Waals surface area (Å²) in [6.07, 6.45) is 13.6. The smallest absolute Gasteiger partial charge is 0.280 e. The van der Waals surface area contributed by atoms with Crippen LogP contribution >= 0.6 is 0 Å². The van der Waals surface area contributed by atoms with Crippen molar-refractivity contribution in [3.63, 3.8) is 0 Å². The minimum atomic E-state index is -0.832. The van der Waals surface area contributed by atoms with E-state index in [0.29, 0.717) is 6.61 Å². The van der Waals surface area contributed by atoms with E-state index in [-0.39, 0.29) is 6.10 Å². The Morgan fingerprint density at radius 2 is 1.64 bits per heavy atom. The average molecular weight is 310 g/mol. The Morgan fingerprint density at radius 1 is 1.00 bits per heavy atom. The molecule has 0 radical (unpaired) electrons. The standard InChI is InChI=1S/C19H34O3/c1-4-5-6-7-8-9-10-11-12-13-14-15-16-18-17-21-19(2,20-3)22-18/h18H,4-10,13-17H2,1-3H3/t18-,19?/m1/s1. The third kappa shape index (κ3) is 8.78. The molecule has 128 valence electrons. The third-order valence-corrected chi connectivity index (χ3v) is 4.14. The fourth-order valence-corrected chi connectivity index (χ4v) is 2.62. The normalized spacial score (nSPS) is 24.2. The molecular formula is C19H34O3. The van der Waals surface area contributed by atoms with Gasteiger partial charge in [-0.15, -0.1) is 11.8 Å². The second kappa shape index (κ2) is 11.9. The summed E-state index contributed by atoms with van der Waals surface area (Å²) in [5.41, 5.74) is 0. The fraction of sp³-hybridized carbons (Fsp3) is 0.895. The van der Waals surface area contributed by atoms with Crippen molar-refractivity contribution in [3.05, 3.63) is 0 Å². The van der Waals surface area contributed by atoms with Gasteiger partial charge in [-0.25, -0.2) is 0 Å². The summed E-state index contributed by atoms with van der Waals surface area (Å²) in [5, 5.41) is 0. The van der Waals surface area contributed by atoms with Gasteiger partial charge in [-0.1, -0.05) is 39.0 Å². The lowest BCUT2D eigenvalue weighted by Gasteiger charge is -2.20. The summed E-state index contributed by atoms with van der Waals surface area (Å²) < 4.78 is 16.4. The van der Waals surface area contributed by atoms with Crippen LogP contribution in [-0.2, 0) is 14.2 Å². The van der Waals surface area contributed by atoms with Gasteiger partial charge in [-0.05, 0) is 25.7 Å². The molecule has 2 atom stereocenters. The van der Waals surface area contributed by atoms with Crippen LogP contribution in [0.15, 0.2) is 0 Å². The number of ether oxygens (including phenoxy) is 3. The molecule has 1 heterocycles. The molecule has 0 aliphatic carbocycles. The molecule has 3 nitrogen and oxygen atoms in total. The highest BCUT2D eigenvalue weighted by atomic mass is 16.9. The molecule has 1 fully saturated rings. The van der Waals surface area contributed by atoms with Crippen molar-refractivity contribution in [2.24, 2.45) is 0 Å². The van der Waals surface area contributed by atoms with E-state index in [1.165, 1.54) is 38.5 Å². The van der Waals surface area contributed by atoms with Gasteiger partial charge in [0, 0.05) is 26.9 Å². The number of hydrogen-bond donors (Lipinski definition) is 0. The maximum absolute atomic E-state index is 5.72. The summed E-state index contributed by atoms with van der Waals surface area (Å²) in [5.74, 6) is 5.76. The van der Waals surface area contributed by atoms with Crippen LogP contribution in [0.2, 0.25) is 0 Å². The van der Waals surface area contributed by atoms with Crippen LogP contribution in [0.3, 0.4) is 0 Å². The molecule has 3 heteroatoms. The van der Waals surface area contributed by atoms with Gasteiger partial charge in [-0.3, -0.25) is 0 Å². The van der Waals surface area contributed by atoms with Crippen molar-refractivity contribution in [1.29, 1.82) is 0 Å². The summed E-state index contributed by atoms with van der Waals surface area (Å²) in [4.78, 5) is 0. The van der Waals surface area contributed by atoms with Crippen molar-refractivity contribution in [2.45, 2.75) is 96.6 Å². The second-order valence-electron chi connectivity index (χ2n) is 6.23. The van der Waals surface area contributed by atoms with Gasteiger partial charge >= 0.3 is 0 Å². The molecule has 0 aromatic carbocycles. The van der Waals surface area contributed by atoms with Gasteiger partial charge in [0.15, 0.2) is 0 Å². The highest BCUT2D eigenvalue weighted by Gasteiger charge is 2.36. The quantitative estimate of drug-likeness (QED) is 0.395. The van der Waals surface area contributed by atoms with Crippen LogP contribution < -0.4 is 0 Å². The summed E-state index contributed by atoms with van der Waals surface area (Å²) in [7, 11) is 1.61. The Labute approximate surface area is 137 Å². The van der Waals surface area contributed by atoms with Crippen LogP contribution in [0.5, 0.6) is 0 Å². The topological polar surface area (TPSA) is 27.7 Å². The maximum atomic E-state index is 5.72. The van der Waals surface area contributed by atoms with Crippen LogP contribution in [0.1, 0.15) is 84.5 Å². The predicted octanol–water partition coefficient (Wildman–Crippen LogP) is 5.04. The largest absolute Gasteiger partial charge is 0.331 e. The van der Waals surface area contributed by atoms with E-state index < -0.39 is 5.97 Å². The Hall–Kier alpha value is -0.560. The van der Waals surface area contributed by atoms with Crippen molar-refractivity contribution < 1.29 is 14.2 Å². The van der Waals surface area contributed by atoms with E-state index in [0.717, 1.165) is 32.1 Å². The highest BCUT2D eigenvalue weighted by molar-refractivity contribution is 4.98. The Morgan fingerprint density at radius 3 is 2.27 bits per heavy atom. The van der Waals surface area contributed by atoms with Crippen LogP contribution in [0.25, 0.3) is 0 Å². The van der Waals surface area contributed by atoms with Gasteiger partial charge in [0.1, 0.15) is 0 Å². The van der Waals surface area contributed by atoms with E-state index in [9.17, 15) is 0 Å². The summed E-state index contributed by atoms with van der Waals surface area (Å²) in [6, 6.07) is 0. The van der Waals surface area contributed by atoms with Crippen molar-refractivity contribution in [1.82, 2.24) is 0 Å². The maximum Gasteiger partial charge on any atom is 0.280 e. The van der Waals surface area contributed by atoms with E-state index in [4.69, 9.17) is 14.2 Å². The molecule has 0 spiro atoms. The predicted molar refractivity (Wildman–Crippen MR) is 90.5 cm³/mol. The van der Waals surface area contributed by atoms with Crippen LogP contribution in [-0.4, -0.2) is 25.8 Å². The monoisotopic (exact) mass is 310 g/mol. The molecule has 1 rings (SSSR count). The average Bonchev–Trinajstić information content (AvgIpc) is 2.91. The number of unbranched alkanes of at least 4 members (excludes halogenated alkanes) is 8. The lowest BCUT2D eigenvalue weighted by atomic mass is 10.1. The molecule has 0 aromatic heterocycles. The first-order valence-corrected chi connectivity index (χ1v) is 9.03. The number of methoxy groups -OCH3 is 1. The molecule has 0 bridgehead atoms. The SMILES string of the molecule is CCCCCCCCC#CCCCC[C@@H]1COC(C)(OC)O1. The minimum absolute atomic E-state index is 0.168. The number of rotatable bonds is 11. The Bertz CT molecular complexity index is 331. The zero-order chi connectivity index (χ0) is 16.1. The van der Waals surface area contributed by atoms with Gasteiger partial charge < -0.3 is 14.2 Å². The van der Waals surface area contributed by atoms with E-state index >= 15 is 0 Å². The summed E-state index contributed by atoms with van der Waals surface area (Å²) in [6.45, 7) is 4.71. The van der Waals surface area contributed by atoms with Gasteiger partial charge in [0.05, 0.1) is 12.7 Å². The van der Waals surface area contributed by atoms with Gasteiger partial charge in [0.2, 0.25) is 0 Å². The van der Waals surface area contributed by atoms with Gasteiger partial charge in [-0.2, -0.15) is 0 Å². The molecule has 0 N–H and O–H groups in total. The molecule has 22 heavy (non-hydrogen) atoms. The molecule has 1 aliphatic rings. The van der Waals surface area contributed by atoms with Crippen molar-refractivity contribution >= 4 is 0 Å². The van der Waals surface area contributed by atoms with E-state index in [1.807, 2.05) is 6.92 Å². The van der Waals surface area contributed by atoms with Gasteiger partial charge in [0.25, 0.3) is 5.97 Å². The Balaban J connectivity index is 1.89. The summed E-state index contributed by atoms with van der Waals surface area (Å²) >= 11 is 0. The molecule has 0 saturated carbocycles. The first kappa shape index (κ1) is 19.5. The minimum Gasteiger partial charge on any atom is -0.331 e. The first-order valence-electron chi connectivity index (χ1n) is 9.03. The molecule has 1 aliphatic heterocycles. The zero-order valence-electron chi connectivity index (χ0n) is 14.8. The van der Waals surface area contributed by atoms with Crippen LogP contribution in [0.4, 0.5) is 0 Å². The third-order valence-electron chi connectivity index (χ3n) is 4.14. The molecule has 1 saturated heterocycles. The zero-order valence-corrected chi connectivity index (χ0v) is 14.8. The van der Waals surface area contributed by atoms with E-state index in [2.05, 4.69) is 18.8 Å². The van der Waals surface area contributed by atoms with Crippen LogP contribution in [0, 0.1) is 11.8 Å². The first-order chi connectivity index (χ1) is 10.7. The molecular weight excluding hydrogens is 276 g/mol. The lowest BCUT2D eigenvalue weighted by molar-refractivity contribution is -0.313. The highest BCUT2D eigenvalue weighted by Crippen LogP contribution is 2.26. The molecule has 1 unspecified atom stereocenters. The van der Waals surface area contributed by atoms with Crippen molar-refractivity contribution in [3.8, 4) is 11.8 Å². The second-order valence-corrected chi connectivity index (χ2v) is 6.23. The molecule has 0 amide bonds.